The van der Waals surface area contributed by atoms with Gasteiger partial charge in [0, 0.05) is 66.0 Å². The predicted octanol–water partition coefficient (Wildman–Crippen LogP) is 22.1. The van der Waals surface area contributed by atoms with E-state index in [0.29, 0.717) is 5.92 Å². The number of para-hydroxylation sites is 1. The van der Waals surface area contributed by atoms with E-state index >= 15 is 0 Å². The highest BCUT2D eigenvalue weighted by atomic mass is 15.2. The van der Waals surface area contributed by atoms with Crippen LogP contribution in [0.25, 0.3) is 76.1 Å². The zero-order chi connectivity index (χ0) is 56.5. The van der Waals surface area contributed by atoms with Crippen LogP contribution >= 0.6 is 0 Å². The van der Waals surface area contributed by atoms with Gasteiger partial charge in [-0.1, -0.05) is 226 Å². The molecule has 83 heavy (non-hydrogen) atoms. The highest BCUT2D eigenvalue weighted by Gasteiger charge is 2.44. The number of rotatable bonds is 6. The fourth-order valence-electron chi connectivity index (χ4n) is 15.9. The molecule has 0 N–H and O–H groups in total. The second-order valence-corrected chi connectivity index (χ2v) is 26.5. The van der Waals surface area contributed by atoms with E-state index < -0.39 is 0 Å². The van der Waals surface area contributed by atoms with Crippen LogP contribution in [0, 0.1) is 5.92 Å². The fraction of sp³-hybridized carbons (Fsp3) is 0.185. The molecule has 4 aliphatic carbocycles. The molecule has 0 amide bonds. The van der Waals surface area contributed by atoms with E-state index in [1.807, 2.05) is 0 Å². The molecule has 1 unspecified atom stereocenters. The van der Waals surface area contributed by atoms with Gasteiger partial charge in [-0.05, 0) is 178 Å². The SMILES string of the molecule is CC1C=CC(N(c2ccc3c(c2)C(C)(C)c2ccccc2-3)c2c3ccccc3c(N(c3ccccc3)c3ccc4c(c3)C(C)(C)c3ccccc3-4)c3cc4c(cc23)C(C)(C)c2cc3c5ccccc5c5ccccc5c3cc2C4(C)C)=CC1. The van der Waals surface area contributed by atoms with Crippen LogP contribution in [0.15, 0.2) is 236 Å². The summed E-state index contributed by atoms with van der Waals surface area (Å²) in [7, 11) is 0. The first kappa shape index (κ1) is 49.8. The normalized spacial score (nSPS) is 17.2. The van der Waals surface area contributed by atoms with E-state index in [9.17, 15) is 0 Å². The van der Waals surface area contributed by atoms with Crippen LogP contribution in [0.3, 0.4) is 0 Å². The first-order chi connectivity index (χ1) is 40.1. The van der Waals surface area contributed by atoms with E-state index in [0.717, 1.165) is 17.8 Å². The van der Waals surface area contributed by atoms with Crippen LogP contribution in [0.4, 0.5) is 28.4 Å². The molecular weight excluding hydrogens is 1000 g/mol. The minimum Gasteiger partial charge on any atom is -0.310 e. The Hall–Kier alpha value is -8.98. The maximum absolute atomic E-state index is 2.66. The lowest BCUT2D eigenvalue weighted by atomic mass is 9.59. The summed E-state index contributed by atoms with van der Waals surface area (Å²) in [6.07, 6.45) is 8.27. The maximum atomic E-state index is 2.66. The number of nitrogens with zero attached hydrogens (tertiary/aromatic N) is 2. The summed E-state index contributed by atoms with van der Waals surface area (Å²) in [4.78, 5) is 5.24. The lowest BCUT2D eigenvalue weighted by Gasteiger charge is -2.45. The van der Waals surface area contributed by atoms with E-state index in [4.69, 9.17) is 0 Å². The second kappa shape index (κ2) is 17.5. The van der Waals surface area contributed by atoms with Gasteiger partial charge < -0.3 is 9.80 Å². The topological polar surface area (TPSA) is 6.48 Å². The average molecular weight is 1070 g/mol. The number of anilines is 5. The molecular formula is C81H68N2. The molecule has 4 aliphatic rings. The van der Waals surface area contributed by atoms with Gasteiger partial charge in [-0.25, -0.2) is 0 Å². The van der Waals surface area contributed by atoms with Crippen LogP contribution in [-0.2, 0) is 21.7 Å². The Morgan fingerprint density at radius 2 is 0.663 bits per heavy atom. The lowest BCUT2D eigenvalue weighted by molar-refractivity contribution is 0.523. The first-order valence-corrected chi connectivity index (χ1v) is 30.1. The minimum absolute atomic E-state index is 0.182. The van der Waals surface area contributed by atoms with Gasteiger partial charge in [-0.15, -0.1) is 0 Å². The Bertz CT molecular complexity index is 4850. The summed E-state index contributed by atoms with van der Waals surface area (Å²) in [5.74, 6) is 0.441. The molecule has 0 spiro atoms. The van der Waals surface area contributed by atoms with Gasteiger partial charge in [0.2, 0.25) is 0 Å². The molecule has 0 aromatic heterocycles. The van der Waals surface area contributed by atoms with Crippen LogP contribution in [0.5, 0.6) is 0 Å². The van der Waals surface area contributed by atoms with E-state index in [2.05, 4.69) is 303 Å². The smallest absolute Gasteiger partial charge is 0.0620 e. The number of allylic oxidation sites excluding steroid dienone is 3. The Balaban J connectivity index is 1.04. The summed E-state index contributed by atoms with van der Waals surface area (Å²) >= 11 is 0. The zero-order valence-electron chi connectivity index (χ0n) is 49.1. The zero-order valence-corrected chi connectivity index (χ0v) is 49.1. The maximum Gasteiger partial charge on any atom is 0.0620 e. The van der Waals surface area contributed by atoms with Gasteiger partial charge in [0.25, 0.3) is 0 Å². The summed E-state index contributed by atoms with van der Waals surface area (Å²) in [6.45, 7) is 21.9. The third kappa shape index (κ3) is 6.96. The van der Waals surface area contributed by atoms with Crippen LogP contribution in [0.2, 0.25) is 0 Å². The number of fused-ring (bicyclic) bond motifs is 16. The van der Waals surface area contributed by atoms with Crippen molar-refractivity contribution in [1.29, 1.82) is 0 Å². The summed E-state index contributed by atoms with van der Waals surface area (Å²) in [6, 6.07) is 81.7. The van der Waals surface area contributed by atoms with Crippen molar-refractivity contribution in [2.75, 3.05) is 9.80 Å². The molecule has 0 bridgehead atoms. The molecule has 0 aliphatic heterocycles. The summed E-state index contributed by atoms with van der Waals surface area (Å²) < 4.78 is 0. The van der Waals surface area contributed by atoms with Crippen molar-refractivity contribution in [2.45, 2.75) is 90.4 Å². The molecule has 0 saturated carbocycles. The second-order valence-electron chi connectivity index (χ2n) is 26.5. The molecule has 2 heteroatoms. The molecule has 0 saturated heterocycles. The third-order valence-electron chi connectivity index (χ3n) is 20.3. The molecule has 16 rings (SSSR count). The summed E-state index contributed by atoms with van der Waals surface area (Å²) in [5.41, 5.74) is 22.2. The van der Waals surface area contributed by atoms with E-state index in [-0.39, 0.29) is 21.7 Å². The fourth-order valence-corrected chi connectivity index (χ4v) is 15.9. The summed E-state index contributed by atoms with van der Waals surface area (Å²) in [5, 5.41) is 12.7. The molecule has 0 fully saturated rings. The highest BCUT2D eigenvalue weighted by Crippen LogP contribution is 2.59. The Labute approximate surface area is 488 Å². The van der Waals surface area contributed by atoms with Crippen LogP contribution in [-0.4, -0.2) is 0 Å². The van der Waals surface area contributed by atoms with Gasteiger partial charge in [-0.3, -0.25) is 0 Å². The molecule has 12 aromatic rings. The highest BCUT2D eigenvalue weighted by molar-refractivity contribution is 6.26. The van der Waals surface area contributed by atoms with Gasteiger partial charge in [0.1, 0.15) is 0 Å². The molecule has 402 valence electrons. The predicted molar refractivity (Wildman–Crippen MR) is 354 cm³/mol. The number of hydrogen-bond acceptors (Lipinski definition) is 2. The third-order valence-corrected chi connectivity index (χ3v) is 20.3. The van der Waals surface area contributed by atoms with Crippen molar-refractivity contribution in [3.8, 4) is 22.3 Å². The first-order valence-electron chi connectivity index (χ1n) is 30.1. The Morgan fingerprint density at radius 1 is 0.301 bits per heavy atom. The van der Waals surface area contributed by atoms with Crippen molar-refractivity contribution in [1.82, 2.24) is 0 Å². The van der Waals surface area contributed by atoms with Crippen molar-refractivity contribution in [2.24, 2.45) is 5.92 Å². The lowest BCUT2D eigenvalue weighted by Crippen LogP contribution is -2.36. The van der Waals surface area contributed by atoms with Crippen molar-refractivity contribution in [3.63, 3.8) is 0 Å². The van der Waals surface area contributed by atoms with E-state index in [1.165, 1.54) is 143 Å². The number of benzene rings is 12. The molecule has 1 atom stereocenters. The van der Waals surface area contributed by atoms with Crippen molar-refractivity contribution < 1.29 is 0 Å². The van der Waals surface area contributed by atoms with Gasteiger partial charge in [-0.2, -0.15) is 0 Å². The standard InChI is InChI=1S/C81H68N2/c1-49-35-37-51(38-36-49)83(53-40-42-61-59-30-20-22-34-69(59)79(4,5)71(61)44-53)77-63-32-18-17-31-62(63)76(82(50-23-11-10-12-24-50)52-39-41-60-58-29-19-21-33-68(58)78(2,3)70(60)43-52)66-47-74-75(48-67(66)77)81(8,9)73-46-65-57-28-16-14-26-55(57)54-25-13-15-27-56(54)64(65)45-72(73)80(74,6)7/h10-35,37-49H,36H2,1-9H3. The van der Waals surface area contributed by atoms with Crippen LogP contribution < -0.4 is 9.80 Å². The van der Waals surface area contributed by atoms with Gasteiger partial charge >= 0.3 is 0 Å². The minimum atomic E-state index is -0.385. The van der Waals surface area contributed by atoms with Crippen molar-refractivity contribution >= 4 is 82.3 Å². The van der Waals surface area contributed by atoms with Crippen LogP contribution in [0.1, 0.15) is 113 Å². The van der Waals surface area contributed by atoms with Crippen molar-refractivity contribution in [3.05, 3.63) is 281 Å². The molecule has 2 nitrogen and oxygen atoms in total. The van der Waals surface area contributed by atoms with Gasteiger partial charge in [0.15, 0.2) is 0 Å². The molecule has 12 aromatic carbocycles. The molecule has 0 heterocycles. The quantitative estimate of drug-likeness (QED) is 0.0930. The number of hydrogen-bond donors (Lipinski definition) is 0. The monoisotopic (exact) mass is 1070 g/mol. The molecule has 0 radical (unpaired) electrons. The Kier molecular flexibility index (Phi) is 10.5. The Morgan fingerprint density at radius 3 is 1.12 bits per heavy atom. The largest absolute Gasteiger partial charge is 0.310 e. The average Bonchev–Trinajstić information content (AvgIpc) is 2.36. The van der Waals surface area contributed by atoms with E-state index in [1.54, 1.807) is 0 Å². The van der Waals surface area contributed by atoms with Gasteiger partial charge in [0.05, 0.1) is 11.4 Å².